The topological polar surface area (TPSA) is 92.5 Å². The number of piperazine rings is 1. The molecule has 26 heavy (non-hydrogen) atoms. The van der Waals surface area contributed by atoms with Crippen molar-refractivity contribution < 1.29 is 5.32 Å². The van der Waals surface area contributed by atoms with E-state index in [0.29, 0.717) is 22.7 Å². The summed E-state index contributed by atoms with van der Waals surface area (Å²) in [6.07, 6.45) is 0. The molecular formula is C17H20ClN6O2+. The van der Waals surface area contributed by atoms with Gasteiger partial charge in [0.25, 0.3) is 5.56 Å². The van der Waals surface area contributed by atoms with E-state index in [9.17, 15) is 9.59 Å². The monoisotopic (exact) mass is 375 g/mol. The van der Waals surface area contributed by atoms with Crippen LogP contribution in [-0.4, -0.2) is 45.3 Å². The normalized spacial score (nSPS) is 14.9. The van der Waals surface area contributed by atoms with Gasteiger partial charge >= 0.3 is 5.69 Å². The van der Waals surface area contributed by atoms with Crippen LogP contribution in [0, 0.1) is 0 Å². The fourth-order valence-corrected chi connectivity index (χ4v) is 3.46. The van der Waals surface area contributed by atoms with Crippen molar-refractivity contribution in [3.8, 4) is 0 Å². The van der Waals surface area contributed by atoms with Gasteiger partial charge in [0.1, 0.15) is 0 Å². The predicted octanol–water partition coefficient (Wildman–Crippen LogP) is -0.492. The summed E-state index contributed by atoms with van der Waals surface area (Å²) < 4.78 is 3.27. The number of hydrogen-bond acceptors (Lipinski definition) is 4. The molecule has 0 saturated carbocycles. The van der Waals surface area contributed by atoms with Crippen LogP contribution in [-0.2, 0) is 13.6 Å². The molecule has 8 nitrogen and oxygen atoms in total. The van der Waals surface area contributed by atoms with Crippen LogP contribution in [0.25, 0.3) is 11.2 Å². The number of rotatable bonds is 3. The molecule has 3 heterocycles. The van der Waals surface area contributed by atoms with Gasteiger partial charge in [-0.2, -0.15) is 4.98 Å². The molecule has 9 heteroatoms. The van der Waals surface area contributed by atoms with E-state index in [0.717, 1.165) is 37.7 Å². The fraction of sp³-hybridized carbons (Fsp3) is 0.353. The molecule has 0 radical (unpaired) electrons. The Morgan fingerprint density at radius 2 is 1.88 bits per heavy atom. The largest absolute Gasteiger partial charge is 0.343 e. The maximum atomic E-state index is 12.5. The van der Waals surface area contributed by atoms with Gasteiger partial charge in [-0.05, 0) is 17.7 Å². The molecule has 0 bridgehead atoms. The first-order valence-corrected chi connectivity index (χ1v) is 8.93. The molecule has 0 aliphatic carbocycles. The van der Waals surface area contributed by atoms with Crippen molar-refractivity contribution in [2.75, 3.05) is 31.1 Å². The highest BCUT2D eigenvalue weighted by atomic mass is 35.5. The number of halogens is 1. The molecule has 3 N–H and O–H groups in total. The summed E-state index contributed by atoms with van der Waals surface area (Å²) in [7, 11) is 1.62. The van der Waals surface area contributed by atoms with E-state index in [1.807, 2.05) is 28.8 Å². The van der Waals surface area contributed by atoms with E-state index >= 15 is 0 Å². The molecule has 4 rings (SSSR count). The summed E-state index contributed by atoms with van der Waals surface area (Å²) in [5.41, 5.74) is 0.937. The number of benzene rings is 1. The lowest BCUT2D eigenvalue weighted by atomic mass is 10.2. The number of imidazole rings is 1. The van der Waals surface area contributed by atoms with Crippen molar-refractivity contribution in [1.82, 2.24) is 19.1 Å². The van der Waals surface area contributed by atoms with Crippen LogP contribution < -0.4 is 21.5 Å². The van der Waals surface area contributed by atoms with Crippen LogP contribution in [0.5, 0.6) is 0 Å². The van der Waals surface area contributed by atoms with Crippen molar-refractivity contribution >= 4 is 28.7 Å². The predicted molar refractivity (Wildman–Crippen MR) is 100 cm³/mol. The van der Waals surface area contributed by atoms with Gasteiger partial charge in [-0.15, -0.1) is 0 Å². The Bertz CT molecular complexity index is 1060. The van der Waals surface area contributed by atoms with Gasteiger partial charge in [0.05, 0.1) is 32.7 Å². The summed E-state index contributed by atoms with van der Waals surface area (Å²) in [5, 5.41) is 2.92. The number of nitrogens with two attached hydrogens (primary N) is 1. The zero-order chi connectivity index (χ0) is 18.3. The second-order valence-electron chi connectivity index (χ2n) is 6.47. The highest BCUT2D eigenvalue weighted by Gasteiger charge is 2.23. The lowest BCUT2D eigenvalue weighted by molar-refractivity contribution is -0.655. The highest BCUT2D eigenvalue weighted by Crippen LogP contribution is 2.21. The van der Waals surface area contributed by atoms with Gasteiger partial charge in [-0.3, -0.25) is 18.9 Å². The maximum absolute atomic E-state index is 12.5. The summed E-state index contributed by atoms with van der Waals surface area (Å²) in [6, 6.07) is 7.51. The number of aryl methyl sites for hydroxylation is 1. The first-order valence-electron chi connectivity index (χ1n) is 8.55. The van der Waals surface area contributed by atoms with E-state index in [1.165, 1.54) is 4.57 Å². The lowest BCUT2D eigenvalue weighted by Crippen LogP contribution is -2.89. The molecule has 0 atom stereocenters. The van der Waals surface area contributed by atoms with Crippen LogP contribution in [0.3, 0.4) is 0 Å². The van der Waals surface area contributed by atoms with Gasteiger partial charge in [0, 0.05) is 12.1 Å². The molecular weight excluding hydrogens is 356 g/mol. The van der Waals surface area contributed by atoms with Crippen molar-refractivity contribution in [1.29, 1.82) is 0 Å². The summed E-state index contributed by atoms with van der Waals surface area (Å²) in [6.45, 7) is 4.11. The summed E-state index contributed by atoms with van der Waals surface area (Å²) >= 11 is 5.98. The number of aromatic amines is 1. The fourth-order valence-electron chi connectivity index (χ4n) is 3.34. The lowest BCUT2D eigenvalue weighted by Gasteiger charge is -2.26. The number of fused-ring (bicyclic) bond motifs is 1. The molecule has 2 aromatic heterocycles. The summed E-state index contributed by atoms with van der Waals surface area (Å²) in [4.78, 5) is 33.7. The van der Waals surface area contributed by atoms with E-state index in [1.54, 1.807) is 7.05 Å². The molecule has 1 saturated heterocycles. The van der Waals surface area contributed by atoms with Crippen LogP contribution in [0.4, 0.5) is 5.95 Å². The van der Waals surface area contributed by atoms with E-state index < -0.39 is 11.2 Å². The molecule has 136 valence electrons. The number of H-pyrrole nitrogens is 1. The molecule has 0 unspecified atom stereocenters. The van der Waals surface area contributed by atoms with Gasteiger partial charge < -0.3 is 10.2 Å². The molecule has 1 aliphatic heterocycles. The maximum Gasteiger partial charge on any atom is 0.329 e. The van der Waals surface area contributed by atoms with Gasteiger partial charge in [-0.1, -0.05) is 23.7 Å². The molecule has 0 spiro atoms. The van der Waals surface area contributed by atoms with Crippen LogP contribution in [0.15, 0.2) is 33.9 Å². The van der Waals surface area contributed by atoms with Gasteiger partial charge in [0.15, 0.2) is 11.2 Å². The number of aromatic nitrogens is 4. The third-order valence-corrected chi connectivity index (χ3v) is 4.98. The number of hydrogen-bond donors (Lipinski definition) is 2. The standard InChI is InChI=1S/C17H19ClN6O2/c1-22-14-13(15(25)21-17(22)26)24(10-11-2-4-12(18)5-3-11)16(20-14)23-8-6-19-7-9-23/h2-5,19H,6-10H2,1H3,(H,21,25,26)/p+1. The van der Waals surface area contributed by atoms with Crippen molar-refractivity contribution in [3.05, 3.63) is 55.7 Å². The van der Waals surface area contributed by atoms with Crippen molar-refractivity contribution in [2.45, 2.75) is 6.54 Å². The Morgan fingerprint density at radius 1 is 1.19 bits per heavy atom. The van der Waals surface area contributed by atoms with Crippen LogP contribution in [0.2, 0.25) is 5.02 Å². The zero-order valence-electron chi connectivity index (χ0n) is 14.4. The Morgan fingerprint density at radius 3 is 2.58 bits per heavy atom. The Hall–Kier alpha value is -2.58. The Labute approximate surface area is 154 Å². The number of anilines is 1. The van der Waals surface area contributed by atoms with Crippen LogP contribution in [0.1, 0.15) is 5.56 Å². The number of quaternary nitrogens is 1. The Balaban J connectivity index is 1.91. The van der Waals surface area contributed by atoms with E-state index in [4.69, 9.17) is 11.6 Å². The molecule has 1 aromatic carbocycles. The van der Waals surface area contributed by atoms with Crippen molar-refractivity contribution in [2.24, 2.45) is 7.05 Å². The average molecular weight is 376 g/mol. The number of nitrogens with one attached hydrogen (secondary N) is 1. The van der Waals surface area contributed by atoms with Crippen LogP contribution >= 0.6 is 11.6 Å². The molecule has 3 aromatic rings. The average Bonchev–Trinajstić information content (AvgIpc) is 3.02. The smallest absolute Gasteiger partial charge is 0.329 e. The van der Waals surface area contributed by atoms with Crippen molar-refractivity contribution in [3.63, 3.8) is 0 Å². The van der Waals surface area contributed by atoms with E-state index in [-0.39, 0.29) is 0 Å². The third-order valence-electron chi connectivity index (χ3n) is 4.73. The second-order valence-corrected chi connectivity index (χ2v) is 6.90. The minimum atomic E-state index is -0.461. The molecule has 1 fully saturated rings. The number of nitrogens with zero attached hydrogens (tertiary/aromatic N) is 4. The zero-order valence-corrected chi connectivity index (χ0v) is 15.2. The molecule has 0 amide bonds. The first kappa shape index (κ1) is 16.9. The SMILES string of the molecule is Cn1c(=O)[nH]c(=O)c2c1nc(N1CC[NH2+]CC1)n2Cc1ccc(Cl)cc1. The first-order chi connectivity index (χ1) is 12.5. The Kier molecular flexibility index (Phi) is 4.29. The minimum Gasteiger partial charge on any atom is -0.343 e. The summed E-state index contributed by atoms with van der Waals surface area (Å²) in [5.74, 6) is 0.717. The minimum absolute atomic E-state index is 0.400. The molecule has 1 aliphatic rings. The van der Waals surface area contributed by atoms with Gasteiger partial charge in [0.2, 0.25) is 5.95 Å². The van der Waals surface area contributed by atoms with Gasteiger partial charge in [-0.25, -0.2) is 4.79 Å². The second kappa shape index (κ2) is 6.62. The quantitative estimate of drug-likeness (QED) is 0.646. The third kappa shape index (κ3) is 2.91. The highest BCUT2D eigenvalue weighted by molar-refractivity contribution is 6.30. The van der Waals surface area contributed by atoms with E-state index in [2.05, 4.69) is 20.2 Å².